The highest BCUT2D eigenvalue weighted by atomic mass is 16.5. The normalized spacial score (nSPS) is 17.5. The monoisotopic (exact) mass is 425 g/mol. The van der Waals surface area contributed by atoms with Crippen molar-refractivity contribution in [2.45, 2.75) is 51.6 Å². The molecule has 31 heavy (non-hydrogen) atoms. The molecule has 164 valence electrons. The SMILES string of the molecule is CCn1ncc2c(NC3CCOCC3)c(-c3nc(CC(=O)N4CCCC4)no3)cnc21. The molecule has 0 radical (unpaired) electrons. The van der Waals surface area contributed by atoms with Gasteiger partial charge in [0.1, 0.15) is 0 Å². The third kappa shape index (κ3) is 3.99. The molecular weight excluding hydrogens is 398 g/mol. The maximum atomic E-state index is 12.5. The predicted octanol–water partition coefficient (Wildman–Crippen LogP) is 2.26. The van der Waals surface area contributed by atoms with E-state index in [1.54, 1.807) is 6.20 Å². The summed E-state index contributed by atoms with van der Waals surface area (Å²) in [4.78, 5) is 23.4. The van der Waals surface area contributed by atoms with Crippen LogP contribution in [-0.4, -0.2) is 68.1 Å². The van der Waals surface area contributed by atoms with Crippen LogP contribution in [0, 0.1) is 0 Å². The molecule has 0 unspecified atom stereocenters. The molecule has 5 rings (SSSR count). The van der Waals surface area contributed by atoms with Crippen LogP contribution in [0.1, 0.15) is 38.4 Å². The van der Waals surface area contributed by atoms with E-state index in [0.717, 1.165) is 80.8 Å². The molecule has 1 amide bonds. The molecule has 0 atom stereocenters. The Morgan fingerprint density at radius 3 is 2.81 bits per heavy atom. The van der Waals surface area contributed by atoms with Crippen LogP contribution in [0.4, 0.5) is 5.69 Å². The van der Waals surface area contributed by atoms with E-state index in [1.807, 2.05) is 22.7 Å². The Balaban J connectivity index is 1.46. The van der Waals surface area contributed by atoms with Crippen LogP contribution in [0.2, 0.25) is 0 Å². The van der Waals surface area contributed by atoms with E-state index in [1.165, 1.54) is 0 Å². The lowest BCUT2D eigenvalue weighted by atomic mass is 10.1. The van der Waals surface area contributed by atoms with Crippen LogP contribution in [-0.2, 0) is 22.5 Å². The van der Waals surface area contributed by atoms with Gasteiger partial charge in [-0.05, 0) is 32.6 Å². The summed E-state index contributed by atoms with van der Waals surface area (Å²) in [6, 6.07) is 0.280. The zero-order chi connectivity index (χ0) is 21.2. The molecule has 2 aliphatic heterocycles. The van der Waals surface area contributed by atoms with E-state index in [9.17, 15) is 4.79 Å². The summed E-state index contributed by atoms with van der Waals surface area (Å²) in [5.41, 5.74) is 2.42. The third-order valence-electron chi connectivity index (χ3n) is 6.00. The Morgan fingerprint density at radius 1 is 1.23 bits per heavy atom. The average Bonchev–Trinajstić information content (AvgIpc) is 3.55. The first kappa shape index (κ1) is 19.9. The Kier molecular flexibility index (Phi) is 5.54. The Morgan fingerprint density at radius 2 is 2.03 bits per heavy atom. The number of ether oxygens (including phenoxy) is 1. The summed E-state index contributed by atoms with van der Waals surface area (Å²) >= 11 is 0. The predicted molar refractivity (Wildman–Crippen MR) is 113 cm³/mol. The zero-order valence-corrected chi connectivity index (χ0v) is 17.7. The van der Waals surface area contributed by atoms with Gasteiger partial charge in [0, 0.05) is 45.1 Å². The second kappa shape index (κ2) is 8.62. The van der Waals surface area contributed by atoms with Gasteiger partial charge in [0.05, 0.1) is 29.3 Å². The molecule has 10 heteroatoms. The van der Waals surface area contributed by atoms with Crippen LogP contribution in [0.25, 0.3) is 22.5 Å². The largest absolute Gasteiger partial charge is 0.381 e. The number of nitrogens with zero attached hydrogens (tertiary/aromatic N) is 6. The second-order valence-electron chi connectivity index (χ2n) is 8.06. The molecule has 0 aliphatic carbocycles. The molecule has 0 spiro atoms. The molecule has 2 fully saturated rings. The van der Waals surface area contributed by atoms with E-state index in [2.05, 4.69) is 25.5 Å². The van der Waals surface area contributed by atoms with Crippen molar-refractivity contribution in [2.75, 3.05) is 31.6 Å². The van der Waals surface area contributed by atoms with Crippen LogP contribution < -0.4 is 5.32 Å². The lowest BCUT2D eigenvalue weighted by Crippen LogP contribution is -2.29. The van der Waals surface area contributed by atoms with Crippen molar-refractivity contribution in [2.24, 2.45) is 0 Å². The minimum absolute atomic E-state index is 0.0446. The molecule has 3 aromatic rings. The number of hydrogen-bond acceptors (Lipinski definition) is 8. The van der Waals surface area contributed by atoms with E-state index in [0.29, 0.717) is 11.7 Å². The quantitative estimate of drug-likeness (QED) is 0.640. The van der Waals surface area contributed by atoms with Gasteiger partial charge in [0.15, 0.2) is 11.5 Å². The van der Waals surface area contributed by atoms with Gasteiger partial charge in [-0.15, -0.1) is 0 Å². The van der Waals surface area contributed by atoms with E-state index < -0.39 is 0 Å². The van der Waals surface area contributed by atoms with Crippen molar-refractivity contribution in [3.63, 3.8) is 0 Å². The molecule has 2 aliphatic rings. The van der Waals surface area contributed by atoms with Crippen molar-refractivity contribution in [3.05, 3.63) is 18.2 Å². The van der Waals surface area contributed by atoms with Crippen molar-refractivity contribution in [1.82, 2.24) is 29.8 Å². The Labute approximate surface area is 179 Å². The average molecular weight is 425 g/mol. The van der Waals surface area contributed by atoms with Crippen LogP contribution in [0.3, 0.4) is 0 Å². The fourth-order valence-electron chi connectivity index (χ4n) is 4.27. The summed E-state index contributed by atoms with van der Waals surface area (Å²) < 4.78 is 12.9. The number of nitrogens with one attached hydrogen (secondary N) is 1. The van der Waals surface area contributed by atoms with Crippen LogP contribution >= 0.6 is 0 Å². The van der Waals surface area contributed by atoms with Gasteiger partial charge in [0.2, 0.25) is 5.91 Å². The van der Waals surface area contributed by atoms with Gasteiger partial charge >= 0.3 is 0 Å². The van der Waals surface area contributed by atoms with E-state index >= 15 is 0 Å². The van der Waals surface area contributed by atoms with Gasteiger partial charge in [-0.1, -0.05) is 5.16 Å². The van der Waals surface area contributed by atoms with Crippen molar-refractivity contribution < 1.29 is 14.1 Å². The highest BCUT2D eigenvalue weighted by Crippen LogP contribution is 2.34. The summed E-state index contributed by atoms with van der Waals surface area (Å²) in [5.74, 6) is 0.800. The van der Waals surface area contributed by atoms with Gasteiger partial charge in [-0.3, -0.25) is 4.79 Å². The first-order valence-corrected chi connectivity index (χ1v) is 11.0. The molecular formula is C21H27N7O3. The lowest BCUT2D eigenvalue weighted by Gasteiger charge is -2.25. The number of fused-ring (bicyclic) bond motifs is 1. The minimum Gasteiger partial charge on any atom is -0.381 e. The Hall–Kier alpha value is -3.01. The number of aryl methyl sites for hydroxylation is 1. The number of carbonyl (C=O) groups excluding carboxylic acids is 1. The van der Waals surface area contributed by atoms with E-state index in [4.69, 9.17) is 9.26 Å². The molecule has 0 bridgehead atoms. The highest BCUT2D eigenvalue weighted by Gasteiger charge is 2.24. The van der Waals surface area contributed by atoms with Crippen LogP contribution in [0.15, 0.2) is 16.9 Å². The third-order valence-corrected chi connectivity index (χ3v) is 6.00. The fourth-order valence-corrected chi connectivity index (χ4v) is 4.27. The first-order chi connectivity index (χ1) is 15.2. The molecule has 0 saturated carbocycles. The number of pyridine rings is 1. The summed E-state index contributed by atoms with van der Waals surface area (Å²) in [6.07, 6.45) is 7.68. The second-order valence-corrected chi connectivity index (χ2v) is 8.06. The Bertz CT molecular complexity index is 1060. The van der Waals surface area contributed by atoms with Crippen molar-refractivity contribution in [3.8, 4) is 11.5 Å². The van der Waals surface area contributed by atoms with Crippen molar-refractivity contribution in [1.29, 1.82) is 0 Å². The number of amides is 1. The van der Waals surface area contributed by atoms with Gasteiger partial charge < -0.3 is 19.5 Å². The standard InChI is InChI=1S/C21H27N7O3/c1-2-28-20-15(13-23-28)19(24-14-5-9-30-10-6-14)16(12-22-20)21-25-17(26-31-21)11-18(29)27-7-3-4-8-27/h12-14H,2-11H2,1H3,(H,22,24). The zero-order valence-electron chi connectivity index (χ0n) is 17.7. The number of anilines is 1. The summed E-state index contributed by atoms with van der Waals surface area (Å²) in [7, 11) is 0. The smallest absolute Gasteiger partial charge is 0.261 e. The number of aromatic nitrogens is 5. The first-order valence-electron chi connectivity index (χ1n) is 11.0. The van der Waals surface area contributed by atoms with Gasteiger partial charge in [0.25, 0.3) is 5.89 Å². The topological polar surface area (TPSA) is 111 Å². The molecule has 5 heterocycles. The van der Waals surface area contributed by atoms with Crippen molar-refractivity contribution >= 4 is 22.6 Å². The summed E-state index contributed by atoms with van der Waals surface area (Å²) in [6.45, 7) is 5.86. The number of rotatable bonds is 6. The molecule has 10 nitrogen and oxygen atoms in total. The highest BCUT2D eigenvalue weighted by molar-refractivity contribution is 5.96. The number of likely N-dealkylation sites (tertiary alicyclic amines) is 1. The van der Waals surface area contributed by atoms with Gasteiger partial charge in [-0.25, -0.2) is 9.67 Å². The lowest BCUT2D eigenvalue weighted by molar-refractivity contribution is -0.129. The maximum absolute atomic E-state index is 12.5. The fraction of sp³-hybridized carbons (Fsp3) is 0.571. The maximum Gasteiger partial charge on any atom is 0.261 e. The number of hydrogen-bond donors (Lipinski definition) is 1. The minimum atomic E-state index is 0.0446. The van der Waals surface area contributed by atoms with Crippen LogP contribution in [0.5, 0.6) is 0 Å². The van der Waals surface area contributed by atoms with E-state index in [-0.39, 0.29) is 18.4 Å². The molecule has 0 aromatic carbocycles. The summed E-state index contributed by atoms with van der Waals surface area (Å²) in [5, 5.41) is 13.1. The molecule has 1 N–H and O–H groups in total. The molecule has 2 saturated heterocycles. The number of carbonyl (C=O) groups is 1. The van der Waals surface area contributed by atoms with Gasteiger partial charge in [-0.2, -0.15) is 10.1 Å². The molecule has 3 aromatic heterocycles.